The maximum absolute atomic E-state index is 15.7. The van der Waals surface area contributed by atoms with Crippen LogP contribution in [0.4, 0.5) is 17.6 Å². The van der Waals surface area contributed by atoms with E-state index in [1.807, 2.05) is 6.07 Å². The third-order valence-electron chi connectivity index (χ3n) is 7.15. The SMILES string of the molecule is C=C(C)C(F)(F)Oc1ccc(-c2ncc(CN3C=CCC(C)C(C(F)(F)C(=C)C)=C(Oc4cc(Cl)cc(C#N)c4)C3=O)c(=O)[nH]2)cc1. The molecule has 47 heavy (non-hydrogen) atoms. The second-order valence-corrected chi connectivity index (χ2v) is 11.4. The normalized spacial score (nSPS) is 15.5. The molecule has 2 aromatic carbocycles. The fourth-order valence-electron chi connectivity index (χ4n) is 4.54. The topological polar surface area (TPSA) is 108 Å². The number of carbonyl (C=O) groups is 1. The summed E-state index contributed by atoms with van der Waals surface area (Å²) in [4.78, 5) is 34.9. The van der Waals surface area contributed by atoms with E-state index in [0.717, 1.165) is 18.7 Å². The van der Waals surface area contributed by atoms with Crippen molar-refractivity contribution in [3.8, 4) is 29.0 Å². The van der Waals surface area contributed by atoms with Gasteiger partial charge in [0.25, 0.3) is 17.4 Å². The zero-order valence-corrected chi connectivity index (χ0v) is 26.3. The van der Waals surface area contributed by atoms with Crippen LogP contribution < -0.4 is 15.0 Å². The molecule has 244 valence electrons. The van der Waals surface area contributed by atoms with E-state index in [0.29, 0.717) is 5.56 Å². The summed E-state index contributed by atoms with van der Waals surface area (Å²) < 4.78 is 69.6. The number of hydrogen-bond acceptors (Lipinski definition) is 6. The molecule has 1 atom stereocenters. The minimum absolute atomic E-state index is 0.00325. The van der Waals surface area contributed by atoms with Crippen LogP contribution in [0.2, 0.25) is 5.02 Å². The van der Waals surface area contributed by atoms with Gasteiger partial charge in [0, 0.05) is 28.6 Å². The van der Waals surface area contributed by atoms with Gasteiger partial charge in [0.1, 0.15) is 17.3 Å². The summed E-state index contributed by atoms with van der Waals surface area (Å²) in [6.07, 6.45) is 0.613. The van der Waals surface area contributed by atoms with E-state index >= 15 is 8.78 Å². The molecule has 8 nitrogen and oxygen atoms in total. The third kappa shape index (κ3) is 7.81. The van der Waals surface area contributed by atoms with Crippen molar-refractivity contribution >= 4 is 17.5 Å². The number of benzene rings is 2. The molecule has 0 saturated heterocycles. The number of hydrogen-bond donors (Lipinski definition) is 1. The highest BCUT2D eigenvalue weighted by molar-refractivity contribution is 6.30. The van der Waals surface area contributed by atoms with Gasteiger partial charge < -0.3 is 19.4 Å². The molecule has 0 fully saturated rings. The molecular weight excluding hydrogens is 640 g/mol. The van der Waals surface area contributed by atoms with Crippen LogP contribution in [0.15, 0.2) is 101 Å². The van der Waals surface area contributed by atoms with Crippen molar-refractivity contribution in [1.29, 1.82) is 5.26 Å². The monoisotopic (exact) mass is 668 g/mol. The van der Waals surface area contributed by atoms with Crippen molar-refractivity contribution in [2.24, 2.45) is 5.92 Å². The molecule has 0 aliphatic carbocycles. The van der Waals surface area contributed by atoms with Gasteiger partial charge in [0.15, 0.2) is 5.76 Å². The molecule has 1 N–H and O–H groups in total. The standard InChI is InChI=1S/C34H29ClF4N4O4/c1-19(2)33(36,37)28-21(5)7-6-12-43(32(45)29(28)46-27-14-22(16-40)13-25(35)15-27)18-24-17-41-30(42-31(24)44)23-8-10-26(11-9-23)47-34(38,39)20(3)4/h6,8-15,17,21H,1,3,7,18H2,2,4-5H3,(H,41,42,44). The minimum atomic E-state index is -3.65. The second-order valence-electron chi connectivity index (χ2n) is 11.0. The van der Waals surface area contributed by atoms with Crippen molar-refractivity contribution in [2.45, 2.75) is 45.8 Å². The van der Waals surface area contributed by atoms with Gasteiger partial charge in [-0.05, 0) is 74.2 Å². The number of nitrogens with one attached hydrogen (secondary N) is 1. The van der Waals surface area contributed by atoms with E-state index in [2.05, 4.69) is 27.9 Å². The van der Waals surface area contributed by atoms with Crippen molar-refractivity contribution < 1.29 is 31.8 Å². The summed E-state index contributed by atoms with van der Waals surface area (Å²) in [7, 11) is 0. The first-order valence-electron chi connectivity index (χ1n) is 14.1. The number of nitriles is 1. The lowest BCUT2D eigenvalue weighted by atomic mass is 9.87. The molecule has 3 aromatic rings. The summed E-state index contributed by atoms with van der Waals surface area (Å²) in [5.74, 6) is -6.38. The molecule has 1 aliphatic heterocycles. The Labute approximate surface area is 272 Å². The van der Waals surface area contributed by atoms with E-state index in [-0.39, 0.29) is 46.4 Å². The van der Waals surface area contributed by atoms with Crippen LogP contribution in [-0.2, 0) is 11.3 Å². The molecule has 2 heterocycles. The number of amides is 1. The summed E-state index contributed by atoms with van der Waals surface area (Å²) >= 11 is 6.10. The van der Waals surface area contributed by atoms with Crippen molar-refractivity contribution in [3.63, 3.8) is 0 Å². The van der Waals surface area contributed by atoms with Gasteiger partial charge in [-0.1, -0.05) is 37.8 Å². The number of alkyl halides is 4. The lowest BCUT2D eigenvalue weighted by molar-refractivity contribution is -0.141. The van der Waals surface area contributed by atoms with Crippen molar-refractivity contribution in [1.82, 2.24) is 14.9 Å². The Bertz CT molecular complexity index is 1890. The summed E-state index contributed by atoms with van der Waals surface area (Å²) in [5.41, 5.74) is -1.81. The number of aromatic amines is 1. The first kappa shape index (κ1) is 34.7. The van der Waals surface area contributed by atoms with Crippen LogP contribution >= 0.6 is 11.6 Å². The second kappa shape index (κ2) is 13.7. The Balaban J connectivity index is 1.68. The number of allylic oxidation sites excluding steroid dienone is 3. The number of H-pyrrole nitrogens is 1. The maximum atomic E-state index is 15.7. The number of rotatable bonds is 10. The number of nitrogens with zero attached hydrogens (tertiary/aromatic N) is 3. The first-order valence-corrected chi connectivity index (χ1v) is 14.5. The van der Waals surface area contributed by atoms with Gasteiger partial charge in [-0.2, -0.15) is 22.8 Å². The highest BCUT2D eigenvalue weighted by Crippen LogP contribution is 2.41. The molecule has 1 amide bonds. The van der Waals surface area contributed by atoms with Gasteiger partial charge >= 0.3 is 6.11 Å². The molecular formula is C34H29ClF4N4O4. The van der Waals surface area contributed by atoms with Crippen molar-refractivity contribution in [3.05, 3.63) is 123 Å². The zero-order valence-electron chi connectivity index (χ0n) is 25.5. The highest BCUT2D eigenvalue weighted by Gasteiger charge is 2.44. The molecule has 1 unspecified atom stereocenters. The minimum Gasteiger partial charge on any atom is -0.451 e. The van der Waals surface area contributed by atoms with Gasteiger partial charge in [-0.15, -0.1) is 0 Å². The lowest BCUT2D eigenvalue weighted by Crippen LogP contribution is -2.37. The smallest absolute Gasteiger partial charge is 0.422 e. The van der Waals surface area contributed by atoms with Gasteiger partial charge in [0.05, 0.1) is 29.3 Å². The Hall–Kier alpha value is -5.15. The van der Waals surface area contributed by atoms with Crippen LogP contribution in [0.3, 0.4) is 0 Å². The van der Waals surface area contributed by atoms with E-state index < -0.39 is 51.9 Å². The maximum Gasteiger partial charge on any atom is 0.422 e. The highest BCUT2D eigenvalue weighted by atomic mass is 35.5. The van der Waals surface area contributed by atoms with E-state index in [4.69, 9.17) is 16.3 Å². The predicted molar refractivity (Wildman–Crippen MR) is 168 cm³/mol. The molecule has 0 spiro atoms. The number of aromatic nitrogens is 2. The van der Waals surface area contributed by atoms with Gasteiger partial charge in [-0.3, -0.25) is 9.59 Å². The Morgan fingerprint density at radius 2 is 1.79 bits per heavy atom. The first-order chi connectivity index (χ1) is 22.0. The van der Waals surface area contributed by atoms with Crippen LogP contribution in [0.25, 0.3) is 11.4 Å². The Morgan fingerprint density at radius 3 is 2.38 bits per heavy atom. The molecule has 4 rings (SSSR count). The molecule has 0 saturated carbocycles. The number of carbonyl (C=O) groups excluding carboxylic acids is 1. The summed E-state index contributed by atoms with van der Waals surface area (Å²) in [5, 5.41) is 9.44. The van der Waals surface area contributed by atoms with E-state index in [1.54, 1.807) is 0 Å². The number of ether oxygens (including phenoxy) is 2. The van der Waals surface area contributed by atoms with E-state index in [9.17, 15) is 23.6 Å². The fraction of sp³-hybridized carbons (Fsp3) is 0.235. The zero-order chi connectivity index (χ0) is 34.7. The predicted octanol–water partition coefficient (Wildman–Crippen LogP) is 7.94. The van der Waals surface area contributed by atoms with Crippen LogP contribution in [-0.4, -0.2) is 32.8 Å². The van der Waals surface area contributed by atoms with Gasteiger partial charge in [-0.25, -0.2) is 4.98 Å². The van der Waals surface area contributed by atoms with Crippen LogP contribution in [0.5, 0.6) is 11.5 Å². The molecule has 13 heteroatoms. The fourth-order valence-corrected chi connectivity index (χ4v) is 4.76. The largest absolute Gasteiger partial charge is 0.451 e. The molecule has 0 bridgehead atoms. The third-order valence-corrected chi connectivity index (χ3v) is 7.36. The Morgan fingerprint density at radius 1 is 1.11 bits per heavy atom. The Kier molecular flexibility index (Phi) is 10.1. The molecule has 1 aromatic heterocycles. The van der Waals surface area contributed by atoms with Crippen LogP contribution in [0, 0.1) is 17.2 Å². The lowest BCUT2D eigenvalue weighted by Gasteiger charge is -2.31. The van der Waals surface area contributed by atoms with Crippen LogP contribution in [0.1, 0.15) is 38.3 Å². The summed E-state index contributed by atoms with van der Waals surface area (Å²) in [6, 6.07) is 11.1. The van der Waals surface area contributed by atoms with E-state index in [1.165, 1.54) is 67.9 Å². The molecule has 0 radical (unpaired) electrons. The quantitative estimate of drug-likeness (QED) is 0.174. The van der Waals surface area contributed by atoms with Crippen molar-refractivity contribution in [2.75, 3.05) is 0 Å². The average Bonchev–Trinajstić information content (AvgIpc) is 2.99. The average molecular weight is 669 g/mol. The summed E-state index contributed by atoms with van der Waals surface area (Å²) in [6.45, 7) is 10.0. The van der Waals surface area contributed by atoms with Gasteiger partial charge in [0.2, 0.25) is 0 Å². The number of halogens is 5. The molecule has 1 aliphatic rings.